The molecule has 0 bridgehead atoms. The van der Waals surface area contributed by atoms with E-state index in [9.17, 15) is 4.79 Å². The van der Waals surface area contributed by atoms with Crippen LogP contribution in [0.4, 0.5) is 0 Å². The van der Waals surface area contributed by atoms with E-state index in [2.05, 4.69) is 29.8 Å². The number of hydrogen-bond acceptors (Lipinski definition) is 2. The van der Waals surface area contributed by atoms with Crippen LogP contribution in [0, 0.1) is 12.8 Å². The number of pyridine rings is 1. The fraction of sp³-hybridized carbons (Fsp3) is 0.217. The SMILES string of the molecule is C=C1/C(=C\C)C=C(c2ccc(-c3ccc(C)nc3)cc2)C(=O)C1CC. The number of carbonyl (C=O) groups is 1. The fourth-order valence-electron chi connectivity index (χ4n) is 3.27. The second kappa shape index (κ2) is 7.02. The molecule has 2 aromatic rings. The Morgan fingerprint density at radius 2 is 1.72 bits per heavy atom. The smallest absolute Gasteiger partial charge is 0.170 e. The lowest BCUT2D eigenvalue weighted by molar-refractivity contribution is -0.116. The maximum absolute atomic E-state index is 12.9. The summed E-state index contributed by atoms with van der Waals surface area (Å²) in [5, 5.41) is 0. The molecule has 2 nitrogen and oxygen atoms in total. The van der Waals surface area contributed by atoms with Crippen LogP contribution >= 0.6 is 0 Å². The van der Waals surface area contributed by atoms with Crippen LogP contribution < -0.4 is 0 Å². The molecule has 0 saturated heterocycles. The van der Waals surface area contributed by atoms with Crippen LogP contribution in [0.5, 0.6) is 0 Å². The molecule has 0 radical (unpaired) electrons. The zero-order valence-electron chi connectivity index (χ0n) is 15.0. The summed E-state index contributed by atoms with van der Waals surface area (Å²) in [5.74, 6) is 0.0510. The van der Waals surface area contributed by atoms with Gasteiger partial charge in [-0.05, 0) is 54.7 Å². The Morgan fingerprint density at radius 1 is 1.08 bits per heavy atom. The van der Waals surface area contributed by atoms with Crippen LogP contribution in [0.15, 0.2) is 72.5 Å². The number of Topliss-reactive ketones (excluding diaryl/α,β-unsaturated/α-hetero) is 1. The molecule has 0 saturated carbocycles. The number of aryl methyl sites for hydroxylation is 1. The topological polar surface area (TPSA) is 30.0 Å². The first kappa shape index (κ1) is 17.1. The molecule has 0 amide bonds. The predicted octanol–water partition coefficient (Wildman–Crippen LogP) is 5.55. The van der Waals surface area contributed by atoms with Crippen molar-refractivity contribution in [2.24, 2.45) is 5.92 Å². The number of carbonyl (C=O) groups excluding carboxylic acids is 1. The maximum atomic E-state index is 12.9. The quantitative estimate of drug-likeness (QED) is 0.738. The van der Waals surface area contributed by atoms with Gasteiger partial charge in [0.05, 0.1) is 0 Å². The summed E-state index contributed by atoms with van der Waals surface area (Å²) >= 11 is 0. The molecule has 1 aromatic carbocycles. The van der Waals surface area contributed by atoms with E-state index in [1.54, 1.807) is 0 Å². The van der Waals surface area contributed by atoms with E-state index in [4.69, 9.17) is 0 Å². The molecule has 0 N–H and O–H groups in total. The van der Waals surface area contributed by atoms with Gasteiger partial charge in [-0.1, -0.05) is 49.9 Å². The summed E-state index contributed by atoms with van der Waals surface area (Å²) in [5.41, 5.74) is 6.91. The average Bonchev–Trinajstić information content (AvgIpc) is 2.63. The average molecular weight is 329 g/mol. The van der Waals surface area contributed by atoms with Crippen molar-refractivity contribution in [2.45, 2.75) is 27.2 Å². The normalized spacial score (nSPS) is 19.2. The molecule has 1 aromatic heterocycles. The van der Waals surface area contributed by atoms with Gasteiger partial charge in [-0.2, -0.15) is 0 Å². The van der Waals surface area contributed by atoms with Crippen molar-refractivity contribution >= 4 is 11.4 Å². The second-order valence-corrected chi connectivity index (χ2v) is 6.42. The van der Waals surface area contributed by atoms with Gasteiger partial charge in [-0.3, -0.25) is 9.78 Å². The molecule has 2 heteroatoms. The molecular formula is C23H23NO. The van der Waals surface area contributed by atoms with Crippen LogP contribution in [0.2, 0.25) is 0 Å². The van der Waals surface area contributed by atoms with Gasteiger partial charge in [0, 0.05) is 28.9 Å². The zero-order valence-corrected chi connectivity index (χ0v) is 15.0. The number of ketones is 1. The molecule has 1 atom stereocenters. The molecule has 1 heterocycles. The maximum Gasteiger partial charge on any atom is 0.170 e. The molecular weight excluding hydrogens is 306 g/mol. The van der Waals surface area contributed by atoms with E-state index < -0.39 is 0 Å². The predicted molar refractivity (Wildman–Crippen MR) is 104 cm³/mol. The monoisotopic (exact) mass is 329 g/mol. The van der Waals surface area contributed by atoms with Gasteiger partial charge in [0.25, 0.3) is 0 Å². The number of benzene rings is 1. The highest BCUT2D eigenvalue weighted by atomic mass is 16.1. The minimum Gasteiger partial charge on any atom is -0.293 e. The van der Waals surface area contributed by atoms with Crippen molar-refractivity contribution in [1.82, 2.24) is 4.98 Å². The first-order valence-electron chi connectivity index (χ1n) is 8.70. The summed E-state index contributed by atoms with van der Waals surface area (Å²) in [6.45, 7) is 10.1. The molecule has 1 unspecified atom stereocenters. The van der Waals surface area contributed by atoms with Crippen molar-refractivity contribution in [3.8, 4) is 11.1 Å². The third kappa shape index (κ3) is 3.25. The van der Waals surface area contributed by atoms with Crippen molar-refractivity contribution < 1.29 is 4.79 Å². The first-order valence-corrected chi connectivity index (χ1v) is 8.70. The number of rotatable bonds is 3. The van der Waals surface area contributed by atoms with Crippen LogP contribution in [0.1, 0.15) is 31.5 Å². The van der Waals surface area contributed by atoms with Crippen LogP contribution in [0.3, 0.4) is 0 Å². The lowest BCUT2D eigenvalue weighted by atomic mass is 9.77. The number of aromatic nitrogens is 1. The Labute approximate surface area is 149 Å². The zero-order chi connectivity index (χ0) is 18.0. The lowest BCUT2D eigenvalue weighted by Crippen LogP contribution is -2.22. The van der Waals surface area contributed by atoms with Crippen molar-refractivity contribution in [1.29, 1.82) is 0 Å². The fourth-order valence-corrected chi connectivity index (χ4v) is 3.27. The Kier molecular flexibility index (Phi) is 4.80. The minimum atomic E-state index is -0.118. The molecule has 0 fully saturated rings. The summed E-state index contributed by atoms with van der Waals surface area (Å²) in [6.07, 6.45) is 6.66. The molecule has 0 aliphatic heterocycles. The molecule has 3 rings (SSSR count). The molecule has 25 heavy (non-hydrogen) atoms. The Bertz CT molecular complexity index is 867. The Hall–Kier alpha value is -2.74. The van der Waals surface area contributed by atoms with E-state index in [-0.39, 0.29) is 11.7 Å². The third-order valence-electron chi connectivity index (χ3n) is 4.83. The number of allylic oxidation sites excluding steroid dienone is 5. The Balaban J connectivity index is 1.97. The highest BCUT2D eigenvalue weighted by Crippen LogP contribution is 2.36. The molecule has 0 spiro atoms. The van der Waals surface area contributed by atoms with E-state index in [0.717, 1.165) is 45.5 Å². The number of nitrogens with zero attached hydrogens (tertiary/aromatic N) is 1. The van der Waals surface area contributed by atoms with Crippen molar-refractivity contribution in [3.05, 3.63) is 83.7 Å². The van der Waals surface area contributed by atoms with Crippen LogP contribution in [-0.4, -0.2) is 10.8 Å². The van der Waals surface area contributed by atoms with E-state index in [1.165, 1.54) is 0 Å². The highest BCUT2D eigenvalue weighted by Gasteiger charge is 2.29. The van der Waals surface area contributed by atoms with Gasteiger partial charge < -0.3 is 0 Å². The lowest BCUT2D eigenvalue weighted by Gasteiger charge is -2.25. The van der Waals surface area contributed by atoms with E-state index in [1.807, 2.05) is 57.3 Å². The Morgan fingerprint density at radius 3 is 2.28 bits per heavy atom. The molecule has 1 aliphatic carbocycles. The van der Waals surface area contributed by atoms with Gasteiger partial charge in [-0.15, -0.1) is 0 Å². The third-order valence-corrected chi connectivity index (χ3v) is 4.83. The van der Waals surface area contributed by atoms with Crippen LogP contribution in [0.25, 0.3) is 16.7 Å². The highest BCUT2D eigenvalue weighted by molar-refractivity contribution is 6.24. The van der Waals surface area contributed by atoms with E-state index >= 15 is 0 Å². The molecule has 1 aliphatic rings. The summed E-state index contributed by atoms with van der Waals surface area (Å²) in [7, 11) is 0. The van der Waals surface area contributed by atoms with Crippen LogP contribution in [-0.2, 0) is 4.79 Å². The second-order valence-electron chi connectivity index (χ2n) is 6.42. The van der Waals surface area contributed by atoms with Crippen molar-refractivity contribution in [2.75, 3.05) is 0 Å². The minimum absolute atomic E-state index is 0.118. The summed E-state index contributed by atoms with van der Waals surface area (Å²) < 4.78 is 0. The van der Waals surface area contributed by atoms with Gasteiger partial charge >= 0.3 is 0 Å². The summed E-state index contributed by atoms with van der Waals surface area (Å²) in [4.78, 5) is 17.2. The largest absolute Gasteiger partial charge is 0.293 e. The molecule has 126 valence electrons. The van der Waals surface area contributed by atoms with Gasteiger partial charge in [0.1, 0.15) is 0 Å². The number of hydrogen-bond donors (Lipinski definition) is 0. The first-order chi connectivity index (χ1) is 12.0. The standard InChI is InChI=1S/C23H23NO/c1-5-17-13-22(23(25)21(6-2)16(17)4)19-11-9-18(10-12-19)20-8-7-15(3)24-14-20/h5,7-14,21H,4,6H2,1-3H3/b17-5-. The van der Waals surface area contributed by atoms with Gasteiger partial charge in [0.15, 0.2) is 5.78 Å². The van der Waals surface area contributed by atoms with Gasteiger partial charge in [-0.25, -0.2) is 0 Å². The van der Waals surface area contributed by atoms with Crippen molar-refractivity contribution in [3.63, 3.8) is 0 Å². The summed E-state index contributed by atoms with van der Waals surface area (Å²) in [6, 6.07) is 12.2. The van der Waals surface area contributed by atoms with E-state index in [0.29, 0.717) is 0 Å². The van der Waals surface area contributed by atoms with Gasteiger partial charge in [0.2, 0.25) is 0 Å².